The second-order valence-electron chi connectivity index (χ2n) is 10.1. The number of alkyl halides is 3. The number of urea groups is 1. The van der Waals surface area contributed by atoms with Gasteiger partial charge in [-0.3, -0.25) is 4.90 Å². The molecule has 1 fully saturated rings. The van der Waals surface area contributed by atoms with Crippen molar-refractivity contribution in [3.05, 3.63) is 89.6 Å². The SMILES string of the molecule is Cc1ccc(C(C)C)c(N2C(=NC(=O)Nc3ccc(/C=C/c4ncn(-c5ccc(OC(F)(F)F)cn5)n4)cc3)SCC2O)c1. The fraction of sp³-hybridized carbons (Fsp3) is 0.233. The first kappa shape index (κ1) is 30.8. The van der Waals surface area contributed by atoms with Gasteiger partial charge in [0.2, 0.25) is 0 Å². The third-order valence-corrected chi connectivity index (χ3v) is 7.43. The Morgan fingerprint density at radius 3 is 2.59 bits per heavy atom. The van der Waals surface area contributed by atoms with Crippen LogP contribution in [0.15, 0.2) is 72.1 Å². The largest absolute Gasteiger partial charge is 0.573 e. The molecule has 0 spiro atoms. The lowest BCUT2D eigenvalue weighted by molar-refractivity contribution is -0.274. The molecule has 2 N–H and O–H groups in total. The van der Waals surface area contributed by atoms with Crippen molar-refractivity contribution in [1.29, 1.82) is 0 Å². The summed E-state index contributed by atoms with van der Waals surface area (Å²) in [6.07, 6.45) is 0.163. The summed E-state index contributed by atoms with van der Waals surface area (Å²) in [5.41, 5.74) is 4.28. The number of halogens is 3. The van der Waals surface area contributed by atoms with E-state index in [1.54, 1.807) is 41.3 Å². The van der Waals surface area contributed by atoms with Crippen LogP contribution in [0.5, 0.6) is 5.75 Å². The van der Waals surface area contributed by atoms with Gasteiger partial charge < -0.3 is 15.2 Å². The number of rotatable bonds is 7. The quantitative estimate of drug-likeness (QED) is 0.236. The molecule has 2 aromatic carbocycles. The molecule has 0 saturated carbocycles. The van der Waals surface area contributed by atoms with Crippen LogP contribution in [0.25, 0.3) is 18.0 Å². The van der Waals surface area contributed by atoms with Crippen molar-refractivity contribution in [3.8, 4) is 11.6 Å². The fourth-order valence-corrected chi connectivity index (χ4v) is 5.33. The Balaban J connectivity index is 1.22. The number of ether oxygens (including phenoxy) is 1. The molecule has 10 nitrogen and oxygen atoms in total. The van der Waals surface area contributed by atoms with Crippen LogP contribution in [0.4, 0.5) is 29.3 Å². The van der Waals surface area contributed by atoms with Crippen LogP contribution in [0.3, 0.4) is 0 Å². The van der Waals surface area contributed by atoms with Crippen molar-refractivity contribution < 1.29 is 27.8 Å². The van der Waals surface area contributed by atoms with Crippen LogP contribution in [-0.2, 0) is 0 Å². The zero-order valence-corrected chi connectivity index (χ0v) is 24.7. The number of thioether (sulfide) groups is 1. The third-order valence-electron chi connectivity index (χ3n) is 6.42. The lowest BCUT2D eigenvalue weighted by atomic mass is 9.98. The van der Waals surface area contributed by atoms with E-state index in [1.165, 1.54) is 28.8 Å². The van der Waals surface area contributed by atoms with Crippen molar-refractivity contribution in [2.24, 2.45) is 4.99 Å². The van der Waals surface area contributed by atoms with Crippen LogP contribution in [0.2, 0.25) is 0 Å². The predicted molar refractivity (Wildman–Crippen MR) is 164 cm³/mol. The van der Waals surface area contributed by atoms with Crippen LogP contribution in [0, 0.1) is 6.92 Å². The molecule has 2 aromatic heterocycles. The van der Waals surface area contributed by atoms with Crippen molar-refractivity contribution >= 4 is 46.5 Å². The molecule has 1 unspecified atom stereocenters. The number of carbonyl (C=O) groups excluding carboxylic acids is 1. The molecule has 0 radical (unpaired) electrons. The molecule has 3 heterocycles. The molecule has 14 heteroatoms. The zero-order valence-electron chi connectivity index (χ0n) is 23.9. The van der Waals surface area contributed by atoms with Gasteiger partial charge in [-0.2, -0.15) is 4.99 Å². The van der Waals surface area contributed by atoms with E-state index in [0.29, 0.717) is 22.4 Å². The number of aryl methyl sites for hydroxylation is 1. The number of pyridine rings is 1. The van der Waals surface area contributed by atoms with E-state index in [1.807, 2.05) is 25.1 Å². The van der Waals surface area contributed by atoms with Gasteiger partial charge in [0.15, 0.2) is 16.8 Å². The Labute approximate surface area is 255 Å². The molecule has 0 aliphatic carbocycles. The minimum Gasteiger partial charge on any atom is -0.404 e. The minimum atomic E-state index is -4.80. The van der Waals surface area contributed by atoms with E-state index in [2.05, 4.69) is 44.0 Å². The van der Waals surface area contributed by atoms with Crippen LogP contribution in [-0.4, -0.2) is 54.4 Å². The van der Waals surface area contributed by atoms with Gasteiger partial charge in [-0.25, -0.2) is 19.4 Å². The molecule has 5 rings (SSSR count). The number of aliphatic hydroxyl groups is 1. The Hall–Kier alpha value is -4.69. The van der Waals surface area contributed by atoms with Crippen LogP contribution in [0.1, 0.15) is 42.3 Å². The van der Waals surface area contributed by atoms with Gasteiger partial charge in [0.25, 0.3) is 0 Å². The summed E-state index contributed by atoms with van der Waals surface area (Å²) in [4.78, 5) is 26.9. The zero-order chi connectivity index (χ0) is 31.4. The number of nitrogens with one attached hydrogen (secondary N) is 1. The van der Waals surface area contributed by atoms with E-state index >= 15 is 0 Å². The third kappa shape index (κ3) is 7.63. The Kier molecular flexibility index (Phi) is 9.01. The molecule has 1 saturated heterocycles. The standard InChI is InChI=1S/C30H28F3N7O3S/c1-18(2)23-11-4-19(3)14-24(23)40-27(41)16-44-29(40)37-28(42)36-21-8-5-20(6-9-21)7-12-25-35-17-39(38-25)26-13-10-22(15-34-26)43-30(31,32)33/h4-15,17-18,27,41H,16H2,1-3H3,(H,36,42)/b12-7+,37-29?. The maximum Gasteiger partial charge on any atom is 0.573 e. The molecule has 4 aromatic rings. The van der Waals surface area contributed by atoms with E-state index in [4.69, 9.17) is 0 Å². The lowest BCUT2D eigenvalue weighted by Gasteiger charge is -2.26. The molecular weight excluding hydrogens is 595 g/mol. The molecule has 228 valence electrons. The van der Waals surface area contributed by atoms with E-state index < -0.39 is 24.4 Å². The monoisotopic (exact) mass is 623 g/mol. The number of amides is 2. The molecule has 1 aliphatic rings. The van der Waals surface area contributed by atoms with Gasteiger partial charge in [0.1, 0.15) is 18.3 Å². The summed E-state index contributed by atoms with van der Waals surface area (Å²) in [6, 6.07) is 15.0. The highest BCUT2D eigenvalue weighted by atomic mass is 32.2. The smallest absolute Gasteiger partial charge is 0.404 e. The van der Waals surface area contributed by atoms with Crippen LogP contribution < -0.4 is 15.0 Å². The van der Waals surface area contributed by atoms with Gasteiger partial charge in [0.05, 0.1) is 6.20 Å². The lowest BCUT2D eigenvalue weighted by Crippen LogP contribution is -2.35. The average molecular weight is 624 g/mol. The summed E-state index contributed by atoms with van der Waals surface area (Å²) >= 11 is 1.32. The summed E-state index contributed by atoms with van der Waals surface area (Å²) in [5, 5.41) is 18.2. The second-order valence-corrected chi connectivity index (χ2v) is 11.1. The number of anilines is 2. The normalized spacial score (nSPS) is 16.3. The first-order chi connectivity index (χ1) is 20.9. The first-order valence-electron chi connectivity index (χ1n) is 13.5. The number of benzene rings is 2. The molecule has 2 amide bonds. The average Bonchev–Trinajstić information content (AvgIpc) is 3.58. The highest BCUT2D eigenvalue weighted by Crippen LogP contribution is 2.35. The highest BCUT2D eigenvalue weighted by molar-refractivity contribution is 8.14. The highest BCUT2D eigenvalue weighted by Gasteiger charge is 2.33. The number of aliphatic hydroxyl groups excluding tert-OH is 1. The van der Waals surface area contributed by atoms with Crippen molar-refractivity contribution in [1.82, 2.24) is 19.7 Å². The van der Waals surface area contributed by atoms with Gasteiger partial charge in [0, 0.05) is 17.1 Å². The fourth-order valence-electron chi connectivity index (χ4n) is 4.37. The summed E-state index contributed by atoms with van der Waals surface area (Å²) in [6.45, 7) is 6.14. The maximum atomic E-state index is 12.8. The topological polar surface area (TPSA) is 118 Å². The first-order valence-corrected chi connectivity index (χ1v) is 14.5. The molecular formula is C30H28F3N7O3S. The molecule has 1 atom stereocenters. The summed E-state index contributed by atoms with van der Waals surface area (Å²) < 4.78 is 42.2. The summed E-state index contributed by atoms with van der Waals surface area (Å²) in [5.74, 6) is 0.797. The predicted octanol–water partition coefficient (Wildman–Crippen LogP) is 6.62. The molecule has 0 bridgehead atoms. The number of nitrogens with zero attached hydrogens (tertiary/aromatic N) is 6. The number of hydrogen-bond donors (Lipinski definition) is 2. The van der Waals surface area contributed by atoms with Gasteiger partial charge in [-0.05, 0) is 65.9 Å². The van der Waals surface area contributed by atoms with E-state index in [0.717, 1.165) is 34.6 Å². The number of carbonyl (C=O) groups is 1. The van der Waals surface area contributed by atoms with E-state index in [-0.39, 0.29) is 11.7 Å². The Morgan fingerprint density at radius 1 is 1.14 bits per heavy atom. The number of aliphatic imine (C=N–C) groups is 1. The van der Waals surface area contributed by atoms with Gasteiger partial charge in [-0.15, -0.1) is 18.3 Å². The maximum absolute atomic E-state index is 12.8. The van der Waals surface area contributed by atoms with Crippen molar-refractivity contribution in [2.45, 2.75) is 39.3 Å². The number of hydrogen-bond acceptors (Lipinski definition) is 7. The van der Waals surface area contributed by atoms with Crippen molar-refractivity contribution in [3.63, 3.8) is 0 Å². The molecule has 44 heavy (non-hydrogen) atoms. The van der Waals surface area contributed by atoms with Crippen LogP contribution >= 0.6 is 11.8 Å². The van der Waals surface area contributed by atoms with Gasteiger partial charge >= 0.3 is 12.4 Å². The number of amidine groups is 1. The Bertz CT molecular complexity index is 1690. The molecule has 1 aliphatic heterocycles. The Morgan fingerprint density at radius 2 is 1.91 bits per heavy atom. The number of aromatic nitrogens is 4. The van der Waals surface area contributed by atoms with Crippen molar-refractivity contribution in [2.75, 3.05) is 16.0 Å². The summed E-state index contributed by atoms with van der Waals surface area (Å²) in [7, 11) is 0. The van der Waals surface area contributed by atoms with E-state index in [9.17, 15) is 23.1 Å². The minimum absolute atomic E-state index is 0.219. The van der Waals surface area contributed by atoms with Gasteiger partial charge in [-0.1, -0.05) is 56.0 Å². The second kappa shape index (κ2) is 12.9.